The minimum Gasteiger partial charge on any atom is -0.444 e. The molecule has 0 aliphatic carbocycles. The van der Waals surface area contributed by atoms with E-state index in [1.807, 2.05) is 44.7 Å². The molecule has 2 rings (SSSR count). The molecule has 1 aromatic rings. The van der Waals surface area contributed by atoms with Gasteiger partial charge in [-0.25, -0.2) is 4.79 Å². The number of rotatable bonds is 1. The van der Waals surface area contributed by atoms with Crippen LogP contribution in [-0.4, -0.2) is 28.1 Å². The van der Waals surface area contributed by atoms with Crippen LogP contribution in [0, 0.1) is 11.6 Å². The lowest BCUT2D eigenvalue weighted by Crippen LogP contribution is -2.42. The van der Waals surface area contributed by atoms with E-state index in [0.717, 1.165) is 41.7 Å². The number of pyridine rings is 1. The number of aromatic nitrogens is 1. The number of piperidine rings is 1. The minimum absolute atomic E-state index is 0.0699. The Bertz CT molecular complexity index is 574. The maximum Gasteiger partial charge on any atom is 0.410 e. The number of hydrogen-bond acceptors (Lipinski definition) is 3. The Balaban J connectivity index is 2.26. The van der Waals surface area contributed by atoms with Crippen LogP contribution in [0.4, 0.5) is 4.79 Å². The van der Waals surface area contributed by atoms with Gasteiger partial charge in [0.1, 0.15) is 10.2 Å². The molecule has 21 heavy (non-hydrogen) atoms. The standard InChI is InChI=1S/C16H24N2O2S/c1-11-12(8-9-14(21)17-11)13-7-5-6-10-18(13)15(19)20-16(2,3)4/h8-9,13H,5-7,10H2,1-4H3,(H,17,21). The molecule has 0 spiro atoms. The molecule has 1 unspecified atom stereocenters. The summed E-state index contributed by atoms with van der Waals surface area (Å²) >= 11 is 5.15. The molecule has 0 aromatic carbocycles. The van der Waals surface area contributed by atoms with E-state index in [0.29, 0.717) is 0 Å². The molecule has 1 aromatic heterocycles. The van der Waals surface area contributed by atoms with Crippen LogP contribution in [0.3, 0.4) is 0 Å². The van der Waals surface area contributed by atoms with E-state index in [2.05, 4.69) is 4.98 Å². The first-order valence-corrected chi connectivity index (χ1v) is 7.88. The predicted octanol–water partition coefficient (Wildman–Crippen LogP) is 4.51. The Morgan fingerprint density at radius 1 is 1.38 bits per heavy atom. The quantitative estimate of drug-likeness (QED) is 0.776. The van der Waals surface area contributed by atoms with Crippen molar-refractivity contribution in [3.8, 4) is 0 Å². The van der Waals surface area contributed by atoms with Crippen LogP contribution in [0.15, 0.2) is 12.1 Å². The highest BCUT2D eigenvalue weighted by molar-refractivity contribution is 7.71. The number of aryl methyl sites for hydroxylation is 1. The fraction of sp³-hybridized carbons (Fsp3) is 0.625. The maximum atomic E-state index is 12.4. The van der Waals surface area contributed by atoms with Gasteiger partial charge in [0, 0.05) is 12.2 Å². The summed E-state index contributed by atoms with van der Waals surface area (Å²) in [6.07, 6.45) is 2.88. The number of amides is 1. The zero-order valence-corrected chi connectivity index (χ0v) is 14.0. The fourth-order valence-electron chi connectivity index (χ4n) is 2.74. The van der Waals surface area contributed by atoms with Gasteiger partial charge in [0.05, 0.1) is 6.04 Å². The monoisotopic (exact) mass is 308 g/mol. The van der Waals surface area contributed by atoms with Crippen LogP contribution >= 0.6 is 12.2 Å². The third-order valence-electron chi connectivity index (χ3n) is 3.65. The molecular formula is C16H24N2O2S. The summed E-state index contributed by atoms with van der Waals surface area (Å²) in [6.45, 7) is 8.44. The van der Waals surface area contributed by atoms with Crippen molar-refractivity contribution >= 4 is 18.3 Å². The molecule has 2 heterocycles. The Morgan fingerprint density at radius 2 is 2.10 bits per heavy atom. The molecule has 0 radical (unpaired) electrons. The summed E-state index contributed by atoms with van der Waals surface area (Å²) in [4.78, 5) is 17.5. The topological polar surface area (TPSA) is 45.3 Å². The smallest absolute Gasteiger partial charge is 0.410 e. The van der Waals surface area contributed by atoms with Crippen molar-refractivity contribution in [1.82, 2.24) is 9.88 Å². The number of carbonyl (C=O) groups excluding carboxylic acids is 1. The normalized spacial score (nSPS) is 19.4. The highest BCUT2D eigenvalue weighted by atomic mass is 32.1. The van der Waals surface area contributed by atoms with Gasteiger partial charge < -0.3 is 14.6 Å². The second-order valence-corrected chi connectivity index (χ2v) is 7.03. The molecule has 1 N–H and O–H groups in total. The highest BCUT2D eigenvalue weighted by Gasteiger charge is 2.32. The van der Waals surface area contributed by atoms with Gasteiger partial charge in [0.25, 0.3) is 0 Å². The van der Waals surface area contributed by atoms with Gasteiger partial charge in [-0.05, 0) is 58.6 Å². The van der Waals surface area contributed by atoms with Crippen LogP contribution in [0.2, 0.25) is 0 Å². The zero-order chi connectivity index (χ0) is 15.6. The molecule has 0 bridgehead atoms. The third-order valence-corrected chi connectivity index (χ3v) is 3.89. The number of likely N-dealkylation sites (tertiary alicyclic amines) is 1. The number of nitrogens with one attached hydrogen (secondary N) is 1. The summed E-state index contributed by atoms with van der Waals surface area (Å²) in [5.41, 5.74) is 1.70. The van der Waals surface area contributed by atoms with E-state index in [-0.39, 0.29) is 12.1 Å². The van der Waals surface area contributed by atoms with Crippen LogP contribution in [0.25, 0.3) is 0 Å². The van der Waals surface area contributed by atoms with Gasteiger partial charge in [0.2, 0.25) is 0 Å². The largest absolute Gasteiger partial charge is 0.444 e. The molecule has 116 valence electrons. The Hall–Kier alpha value is -1.36. The molecule has 5 heteroatoms. The first kappa shape index (κ1) is 16.0. The van der Waals surface area contributed by atoms with Gasteiger partial charge in [0.15, 0.2) is 0 Å². The molecule has 1 aliphatic rings. The lowest BCUT2D eigenvalue weighted by molar-refractivity contribution is 0.00941. The summed E-state index contributed by atoms with van der Waals surface area (Å²) in [5, 5.41) is 0. The molecule has 1 amide bonds. The number of hydrogen-bond donors (Lipinski definition) is 1. The Labute approximate surface area is 131 Å². The SMILES string of the molecule is Cc1[nH]c(=S)ccc1C1CCCCN1C(=O)OC(C)(C)C. The van der Waals surface area contributed by atoms with Crippen molar-refractivity contribution < 1.29 is 9.53 Å². The number of nitrogens with zero attached hydrogens (tertiary/aromatic N) is 1. The predicted molar refractivity (Wildman–Crippen MR) is 85.9 cm³/mol. The second-order valence-electron chi connectivity index (χ2n) is 6.59. The van der Waals surface area contributed by atoms with Gasteiger partial charge in [-0.2, -0.15) is 0 Å². The van der Waals surface area contributed by atoms with Crippen LogP contribution < -0.4 is 0 Å². The number of H-pyrrole nitrogens is 1. The van der Waals surface area contributed by atoms with Crippen molar-refractivity contribution in [3.63, 3.8) is 0 Å². The lowest BCUT2D eigenvalue weighted by Gasteiger charge is -2.37. The highest BCUT2D eigenvalue weighted by Crippen LogP contribution is 2.33. The second kappa shape index (κ2) is 6.18. The molecule has 0 saturated carbocycles. The van der Waals surface area contributed by atoms with Crippen LogP contribution in [0.1, 0.15) is 57.3 Å². The van der Waals surface area contributed by atoms with Crippen molar-refractivity contribution in [2.24, 2.45) is 0 Å². The van der Waals surface area contributed by atoms with Gasteiger partial charge in [-0.15, -0.1) is 0 Å². The minimum atomic E-state index is -0.468. The molecule has 1 aliphatic heterocycles. The van der Waals surface area contributed by atoms with Gasteiger partial charge in [-0.1, -0.05) is 18.3 Å². The van der Waals surface area contributed by atoms with E-state index >= 15 is 0 Å². The molecule has 1 fully saturated rings. The van der Waals surface area contributed by atoms with E-state index in [9.17, 15) is 4.79 Å². The van der Waals surface area contributed by atoms with Gasteiger partial charge in [-0.3, -0.25) is 0 Å². The van der Waals surface area contributed by atoms with Gasteiger partial charge >= 0.3 is 6.09 Å². The molecule has 1 saturated heterocycles. The van der Waals surface area contributed by atoms with E-state index in [4.69, 9.17) is 17.0 Å². The van der Waals surface area contributed by atoms with Crippen molar-refractivity contribution in [3.05, 3.63) is 28.0 Å². The molecular weight excluding hydrogens is 284 g/mol. The van der Waals surface area contributed by atoms with E-state index in [1.165, 1.54) is 0 Å². The number of ether oxygens (including phenoxy) is 1. The average Bonchev–Trinajstić information content (AvgIpc) is 2.37. The van der Waals surface area contributed by atoms with Crippen molar-refractivity contribution in [1.29, 1.82) is 0 Å². The third kappa shape index (κ3) is 4.06. The molecule has 1 atom stereocenters. The summed E-state index contributed by atoms with van der Waals surface area (Å²) in [5.74, 6) is 0. The van der Waals surface area contributed by atoms with Crippen LogP contribution in [-0.2, 0) is 4.74 Å². The number of carbonyl (C=O) groups is 1. The lowest BCUT2D eigenvalue weighted by atomic mass is 9.95. The summed E-state index contributed by atoms with van der Waals surface area (Å²) in [6, 6.07) is 3.99. The summed E-state index contributed by atoms with van der Waals surface area (Å²) in [7, 11) is 0. The number of aromatic amines is 1. The van der Waals surface area contributed by atoms with Crippen molar-refractivity contribution in [2.75, 3.05) is 6.54 Å². The Kier molecular flexibility index (Phi) is 4.71. The average molecular weight is 308 g/mol. The fourth-order valence-corrected chi connectivity index (χ4v) is 2.97. The first-order chi connectivity index (χ1) is 9.78. The van der Waals surface area contributed by atoms with Crippen LogP contribution in [0.5, 0.6) is 0 Å². The molecule has 4 nitrogen and oxygen atoms in total. The van der Waals surface area contributed by atoms with Crippen molar-refractivity contribution in [2.45, 2.75) is 58.6 Å². The van der Waals surface area contributed by atoms with E-state index in [1.54, 1.807) is 0 Å². The maximum absolute atomic E-state index is 12.4. The summed E-state index contributed by atoms with van der Waals surface area (Å²) < 4.78 is 6.27. The van der Waals surface area contributed by atoms with E-state index < -0.39 is 5.60 Å². The Morgan fingerprint density at radius 3 is 2.71 bits per heavy atom. The zero-order valence-electron chi connectivity index (χ0n) is 13.2. The first-order valence-electron chi connectivity index (χ1n) is 7.47.